The van der Waals surface area contributed by atoms with Crippen LogP contribution in [-0.2, 0) is 15.4 Å². The van der Waals surface area contributed by atoms with E-state index in [2.05, 4.69) is 26.1 Å². The highest BCUT2D eigenvalue weighted by Gasteiger charge is 2.28. The summed E-state index contributed by atoms with van der Waals surface area (Å²) < 4.78 is 25.6. The predicted octanol–water partition coefficient (Wildman–Crippen LogP) is 2.92. The van der Waals surface area contributed by atoms with Crippen molar-refractivity contribution in [2.45, 2.75) is 57.9 Å². The number of nitrogens with zero attached hydrogens (tertiary/aromatic N) is 1. The van der Waals surface area contributed by atoms with Crippen molar-refractivity contribution >= 4 is 15.9 Å². The van der Waals surface area contributed by atoms with Crippen molar-refractivity contribution in [3.63, 3.8) is 0 Å². The predicted molar refractivity (Wildman–Crippen MR) is 101 cm³/mol. The third-order valence-electron chi connectivity index (χ3n) is 4.79. The average Bonchev–Trinajstić information content (AvgIpc) is 3.03. The van der Waals surface area contributed by atoms with Gasteiger partial charge in [-0.15, -0.1) is 0 Å². The summed E-state index contributed by atoms with van der Waals surface area (Å²) in [7, 11) is -3.25. The number of sulfonamides is 1. The third kappa shape index (κ3) is 5.54. The zero-order valence-corrected chi connectivity index (χ0v) is 16.5. The fourth-order valence-electron chi connectivity index (χ4n) is 3.31. The fourth-order valence-corrected chi connectivity index (χ4v) is 4.49. The number of nitrogens with one attached hydrogen (secondary N) is 1. The summed E-state index contributed by atoms with van der Waals surface area (Å²) in [5.74, 6) is -0.166. The van der Waals surface area contributed by atoms with E-state index in [9.17, 15) is 13.2 Å². The number of rotatable bonds is 6. The summed E-state index contributed by atoms with van der Waals surface area (Å²) in [5, 5.41) is 2.84. The van der Waals surface area contributed by atoms with Crippen molar-refractivity contribution < 1.29 is 13.2 Å². The van der Waals surface area contributed by atoms with E-state index in [1.807, 2.05) is 24.3 Å². The molecule has 0 aromatic heterocycles. The Bertz CT molecular complexity index is 684. The van der Waals surface area contributed by atoms with Crippen molar-refractivity contribution in [2.75, 3.05) is 19.3 Å². The maximum Gasteiger partial charge on any atom is 0.251 e. The molecule has 1 amide bonds. The van der Waals surface area contributed by atoms with Crippen molar-refractivity contribution in [1.29, 1.82) is 0 Å². The summed E-state index contributed by atoms with van der Waals surface area (Å²) in [6.45, 7) is 7.04. The summed E-state index contributed by atoms with van der Waals surface area (Å²) in [6.07, 6.45) is 5.22. The second kappa shape index (κ2) is 7.87. The lowest BCUT2D eigenvalue weighted by Crippen LogP contribution is -2.43. The van der Waals surface area contributed by atoms with Gasteiger partial charge in [0.2, 0.25) is 10.0 Å². The molecule has 0 radical (unpaired) electrons. The molecule has 1 fully saturated rings. The number of carbonyl (C=O) groups is 1. The second-order valence-electron chi connectivity index (χ2n) is 7.90. The SMILES string of the molecule is CC(C)(C)c1ccc(C(=O)NCCN(C2CCCC2)S(C)(=O)=O)cc1. The van der Waals surface area contributed by atoms with Crippen LogP contribution in [0.2, 0.25) is 0 Å². The Hall–Kier alpha value is -1.40. The molecule has 2 rings (SSSR count). The maximum atomic E-state index is 12.3. The van der Waals surface area contributed by atoms with Crippen molar-refractivity contribution in [2.24, 2.45) is 0 Å². The minimum atomic E-state index is -3.25. The van der Waals surface area contributed by atoms with Crippen LogP contribution >= 0.6 is 0 Å². The molecule has 0 unspecified atom stereocenters. The van der Waals surface area contributed by atoms with Gasteiger partial charge in [0, 0.05) is 24.7 Å². The zero-order valence-electron chi connectivity index (χ0n) is 15.7. The molecule has 1 aliphatic carbocycles. The fraction of sp³-hybridized carbons (Fsp3) is 0.632. The Morgan fingerprint density at radius 3 is 2.20 bits per heavy atom. The van der Waals surface area contributed by atoms with Gasteiger partial charge in [0.25, 0.3) is 5.91 Å². The van der Waals surface area contributed by atoms with Crippen molar-refractivity contribution in [1.82, 2.24) is 9.62 Å². The first-order valence-corrected chi connectivity index (χ1v) is 10.8. The van der Waals surface area contributed by atoms with Crippen LogP contribution in [0.1, 0.15) is 62.4 Å². The highest BCUT2D eigenvalue weighted by atomic mass is 32.2. The molecular formula is C19H30N2O3S. The molecule has 0 spiro atoms. The minimum absolute atomic E-state index is 0.0479. The number of carbonyl (C=O) groups excluding carboxylic acids is 1. The molecule has 0 bridgehead atoms. The molecule has 1 N–H and O–H groups in total. The van der Waals surface area contributed by atoms with Crippen molar-refractivity contribution in [3.05, 3.63) is 35.4 Å². The van der Waals surface area contributed by atoms with Gasteiger partial charge < -0.3 is 5.32 Å². The maximum absolute atomic E-state index is 12.3. The lowest BCUT2D eigenvalue weighted by molar-refractivity contribution is 0.0950. The molecule has 1 aromatic carbocycles. The molecule has 0 atom stereocenters. The van der Waals surface area contributed by atoms with E-state index in [0.29, 0.717) is 18.7 Å². The van der Waals surface area contributed by atoms with E-state index >= 15 is 0 Å². The summed E-state index contributed by atoms with van der Waals surface area (Å²) in [4.78, 5) is 12.3. The van der Waals surface area contributed by atoms with Crippen LogP contribution < -0.4 is 5.32 Å². The first-order valence-electron chi connectivity index (χ1n) is 8.94. The van der Waals surface area contributed by atoms with Crippen LogP contribution in [0.3, 0.4) is 0 Å². The van der Waals surface area contributed by atoms with Gasteiger partial charge in [0.1, 0.15) is 0 Å². The minimum Gasteiger partial charge on any atom is -0.351 e. The lowest BCUT2D eigenvalue weighted by atomic mass is 9.87. The average molecular weight is 367 g/mol. The molecule has 5 nitrogen and oxygen atoms in total. The van der Waals surface area contributed by atoms with Gasteiger partial charge in [-0.25, -0.2) is 8.42 Å². The standard InChI is InChI=1S/C19H30N2O3S/c1-19(2,3)16-11-9-15(10-12-16)18(22)20-13-14-21(25(4,23)24)17-7-5-6-8-17/h9-12,17H,5-8,13-14H2,1-4H3,(H,20,22). The van der Waals surface area contributed by atoms with Crippen molar-refractivity contribution in [3.8, 4) is 0 Å². The number of benzene rings is 1. The molecule has 6 heteroatoms. The molecule has 1 aliphatic rings. The van der Waals surface area contributed by atoms with Gasteiger partial charge in [-0.1, -0.05) is 45.7 Å². The van der Waals surface area contributed by atoms with Crippen LogP contribution in [0.25, 0.3) is 0 Å². The number of amides is 1. The summed E-state index contributed by atoms with van der Waals surface area (Å²) >= 11 is 0. The van der Waals surface area contributed by atoms with Crippen LogP contribution in [-0.4, -0.2) is 44.0 Å². The van der Waals surface area contributed by atoms with E-state index in [0.717, 1.165) is 25.7 Å². The van der Waals surface area contributed by atoms with E-state index in [4.69, 9.17) is 0 Å². The van der Waals surface area contributed by atoms with Crippen LogP contribution in [0.5, 0.6) is 0 Å². The summed E-state index contributed by atoms with van der Waals surface area (Å²) in [5.41, 5.74) is 1.82. The van der Waals surface area contributed by atoms with Gasteiger partial charge in [-0.3, -0.25) is 4.79 Å². The molecule has 0 aliphatic heterocycles. The molecule has 140 valence electrons. The Morgan fingerprint density at radius 2 is 1.72 bits per heavy atom. The third-order valence-corrected chi connectivity index (χ3v) is 6.12. The zero-order chi connectivity index (χ0) is 18.7. The Kier molecular flexibility index (Phi) is 6.27. The Balaban J connectivity index is 1.92. The molecule has 0 saturated heterocycles. The van der Waals surface area contributed by atoms with Gasteiger partial charge in [0.05, 0.1) is 6.26 Å². The van der Waals surface area contributed by atoms with Crippen LogP contribution in [0, 0.1) is 0 Å². The van der Waals surface area contributed by atoms with E-state index in [-0.39, 0.29) is 17.4 Å². The largest absolute Gasteiger partial charge is 0.351 e. The van der Waals surface area contributed by atoms with Gasteiger partial charge in [0.15, 0.2) is 0 Å². The number of hydrogen-bond donors (Lipinski definition) is 1. The van der Waals surface area contributed by atoms with E-state index in [1.165, 1.54) is 11.8 Å². The van der Waals surface area contributed by atoms with E-state index < -0.39 is 10.0 Å². The van der Waals surface area contributed by atoms with Gasteiger partial charge in [-0.2, -0.15) is 4.31 Å². The highest BCUT2D eigenvalue weighted by Crippen LogP contribution is 2.25. The molecule has 1 saturated carbocycles. The topological polar surface area (TPSA) is 66.5 Å². The number of hydrogen-bond acceptors (Lipinski definition) is 3. The molecule has 0 heterocycles. The Morgan fingerprint density at radius 1 is 1.16 bits per heavy atom. The second-order valence-corrected chi connectivity index (χ2v) is 9.83. The molecule has 25 heavy (non-hydrogen) atoms. The summed E-state index contributed by atoms with van der Waals surface area (Å²) in [6, 6.07) is 7.66. The van der Waals surface area contributed by atoms with Crippen LogP contribution in [0.15, 0.2) is 24.3 Å². The normalized spacial score (nSPS) is 16.4. The smallest absolute Gasteiger partial charge is 0.251 e. The highest BCUT2D eigenvalue weighted by molar-refractivity contribution is 7.88. The van der Waals surface area contributed by atoms with Gasteiger partial charge in [-0.05, 0) is 36.0 Å². The quantitative estimate of drug-likeness (QED) is 0.842. The van der Waals surface area contributed by atoms with Gasteiger partial charge >= 0.3 is 0 Å². The lowest BCUT2D eigenvalue weighted by Gasteiger charge is -2.26. The first-order chi connectivity index (χ1) is 11.6. The first kappa shape index (κ1) is 19.9. The monoisotopic (exact) mass is 366 g/mol. The molecular weight excluding hydrogens is 336 g/mol. The van der Waals surface area contributed by atoms with Crippen LogP contribution in [0.4, 0.5) is 0 Å². The Labute approximate surface area is 151 Å². The van der Waals surface area contributed by atoms with E-state index in [1.54, 1.807) is 4.31 Å². The molecule has 1 aromatic rings.